The molecule has 4 aromatic rings. The van der Waals surface area contributed by atoms with Gasteiger partial charge in [-0.3, -0.25) is 9.78 Å². The highest BCUT2D eigenvalue weighted by Crippen LogP contribution is 2.62. The molecule has 69 heavy (non-hydrogen) atoms. The Morgan fingerprint density at radius 3 is 2.38 bits per heavy atom. The largest absolute Gasteiger partial charge is 0.487 e. The average molecular weight is 942 g/mol. The highest BCUT2D eigenvalue weighted by molar-refractivity contribution is 6.03. The minimum absolute atomic E-state index is 0.0669. The fourth-order valence-electron chi connectivity index (χ4n) is 11.4. The number of allylic oxidation sites excluding steroid dienone is 1. The Kier molecular flexibility index (Phi) is 19.7. The lowest BCUT2D eigenvalue weighted by Gasteiger charge is -2.60. The van der Waals surface area contributed by atoms with Gasteiger partial charge in [-0.1, -0.05) is 137 Å². The lowest BCUT2D eigenvalue weighted by molar-refractivity contribution is -0.258. The summed E-state index contributed by atoms with van der Waals surface area (Å²) < 4.78 is 21.4. The van der Waals surface area contributed by atoms with Crippen LogP contribution in [0.3, 0.4) is 0 Å². The summed E-state index contributed by atoms with van der Waals surface area (Å²) in [5, 5.41) is 27.3. The standard InChI is InChI=1S/C59H79N3O7/c1-5-8-9-10-11-12-13-14-15-32-56(65)62(41-46-28-23-27-44-25-16-17-30-49(44)46)55-40-53(61-68-7-3)51-38-45(26-18-20-35-63)50(31-19-21-36-64)57-52-39-48(66-42-47-29-22-24-43(4)60-47)33-34-54(52)69-59(55,58(51)57)67-37-6-2/h6,16-17,22-25,27-30,33-34,38-39,45,50,55,57-58,63-64H,2,5,7-15,18-21,26,31-32,35-37,40-42H2,1,3-4H3. The number of nitrogens with zero attached hydrogens (tertiary/aromatic N) is 3. The number of benzene rings is 3. The van der Waals surface area contributed by atoms with Crippen molar-refractivity contribution < 1.29 is 34.1 Å². The maximum atomic E-state index is 15.4. The van der Waals surface area contributed by atoms with Crippen LogP contribution in [0, 0.1) is 24.7 Å². The van der Waals surface area contributed by atoms with E-state index in [9.17, 15) is 10.2 Å². The van der Waals surface area contributed by atoms with Crippen molar-refractivity contribution >= 4 is 22.4 Å². The van der Waals surface area contributed by atoms with E-state index in [2.05, 4.69) is 73.0 Å². The van der Waals surface area contributed by atoms with Crippen molar-refractivity contribution in [3.05, 3.63) is 126 Å². The number of aliphatic hydroxyl groups excluding tert-OH is 2. The van der Waals surface area contributed by atoms with E-state index in [-0.39, 0.29) is 43.5 Å². The average Bonchev–Trinajstić information content (AvgIpc) is 3.36. The van der Waals surface area contributed by atoms with Gasteiger partial charge in [0.1, 0.15) is 30.8 Å². The number of aromatic nitrogens is 1. The number of hydrogen-bond acceptors (Lipinski definition) is 9. The second kappa shape index (κ2) is 26.3. The van der Waals surface area contributed by atoms with Crippen LogP contribution < -0.4 is 9.47 Å². The molecule has 1 saturated carbocycles. The minimum atomic E-state index is -1.35. The summed E-state index contributed by atoms with van der Waals surface area (Å²) in [6.07, 6.45) is 20.2. The van der Waals surface area contributed by atoms with Crippen LogP contribution in [-0.2, 0) is 27.5 Å². The second-order valence-corrected chi connectivity index (χ2v) is 19.5. The Bertz CT molecular complexity index is 2320. The predicted octanol–water partition coefficient (Wildman–Crippen LogP) is 12.7. The zero-order valence-electron chi connectivity index (χ0n) is 41.8. The molecule has 372 valence electrons. The molecule has 3 aromatic carbocycles. The number of aliphatic hydroxyl groups is 2. The normalized spacial score (nSPS) is 22.1. The third-order valence-corrected chi connectivity index (χ3v) is 14.7. The summed E-state index contributed by atoms with van der Waals surface area (Å²) in [7, 11) is 0. The molecule has 2 aliphatic carbocycles. The predicted molar refractivity (Wildman–Crippen MR) is 276 cm³/mol. The molecule has 1 amide bonds. The summed E-state index contributed by atoms with van der Waals surface area (Å²) in [6, 6.07) is 26.3. The minimum Gasteiger partial charge on any atom is -0.487 e. The molecule has 10 nitrogen and oxygen atoms in total. The number of aryl methyl sites for hydroxylation is 1. The van der Waals surface area contributed by atoms with Crippen LogP contribution >= 0.6 is 0 Å². The van der Waals surface area contributed by atoms with E-state index in [4.69, 9.17) is 29.2 Å². The number of carbonyl (C=O) groups is 1. The van der Waals surface area contributed by atoms with Crippen molar-refractivity contribution in [2.45, 2.75) is 161 Å². The number of hydrogen-bond donors (Lipinski definition) is 2. The Hall–Kier alpha value is -5.03. The van der Waals surface area contributed by atoms with Crippen LogP contribution in [0.4, 0.5) is 0 Å². The number of fused-ring (bicyclic) bond motifs is 3. The second-order valence-electron chi connectivity index (χ2n) is 19.5. The van der Waals surface area contributed by atoms with Crippen molar-refractivity contribution in [3.63, 3.8) is 0 Å². The first-order chi connectivity index (χ1) is 33.8. The molecule has 10 heteroatoms. The van der Waals surface area contributed by atoms with Gasteiger partial charge >= 0.3 is 0 Å². The van der Waals surface area contributed by atoms with E-state index in [0.717, 1.165) is 89.5 Å². The lowest BCUT2D eigenvalue weighted by atomic mass is 9.55. The smallest absolute Gasteiger partial charge is 0.239 e. The summed E-state index contributed by atoms with van der Waals surface area (Å²) in [4.78, 5) is 28.2. The highest BCUT2D eigenvalue weighted by Gasteiger charge is 2.65. The summed E-state index contributed by atoms with van der Waals surface area (Å²) >= 11 is 0. The molecule has 1 fully saturated rings. The maximum absolute atomic E-state index is 15.4. The van der Waals surface area contributed by atoms with Crippen molar-refractivity contribution in [3.8, 4) is 11.5 Å². The van der Waals surface area contributed by atoms with Gasteiger partial charge in [0.05, 0.1) is 23.9 Å². The summed E-state index contributed by atoms with van der Waals surface area (Å²) in [5.41, 5.74) is 5.70. The fraction of sp³-hybridized carbons (Fsp3) is 0.542. The van der Waals surface area contributed by atoms with Crippen LogP contribution in [0.2, 0.25) is 0 Å². The first-order valence-corrected chi connectivity index (χ1v) is 26.4. The number of unbranched alkanes of at least 4 members (excludes halogenated alkanes) is 10. The third-order valence-electron chi connectivity index (χ3n) is 14.7. The Labute approximate surface area is 412 Å². The Morgan fingerprint density at radius 1 is 0.884 bits per heavy atom. The van der Waals surface area contributed by atoms with Gasteiger partial charge in [0.2, 0.25) is 11.7 Å². The molecule has 1 aromatic heterocycles. The van der Waals surface area contributed by atoms with Gasteiger partial charge in [-0.05, 0) is 110 Å². The van der Waals surface area contributed by atoms with Crippen molar-refractivity contribution in [1.29, 1.82) is 0 Å². The number of ether oxygens (including phenoxy) is 3. The molecule has 2 N–H and O–H groups in total. The van der Waals surface area contributed by atoms with Gasteiger partial charge in [0.15, 0.2) is 0 Å². The van der Waals surface area contributed by atoms with Crippen molar-refractivity contribution in [2.24, 2.45) is 22.9 Å². The van der Waals surface area contributed by atoms with E-state index in [0.29, 0.717) is 56.9 Å². The first kappa shape index (κ1) is 51.8. The molecule has 1 aliphatic heterocycles. The highest BCUT2D eigenvalue weighted by atomic mass is 16.7. The number of amides is 1. The van der Waals surface area contributed by atoms with Gasteiger partial charge in [-0.15, -0.1) is 6.58 Å². The van der Waals surface area contributed by atoms with Crippen molar-refractivity contribution in [2.75, 3.05) is 26.4 Å². The van der Waals surface area contributed by atoms with E-state index in [1.165, 1.54) is 38.5 Å². The molecular weight excluding hydrogens is 863 g/mol. The number of oxime groups is 1. The monoisotopic (exact) mass is 942 g/mol. The topological polar surface area (TPSA) is 123 Å². The van der Waals surface area contributed by atoms with Gasteiger partial charge < -0.3 is 34.2 Å². The summed E-state index contributed by atoms with van der Waals surface area (Å²) in [5.74, 6) is -0.193. The number of rotatable bonds is 29. The Morgan fingerprint density at radius 2 is 1.62 bits per heavy atom. The quantitative estimate of drug-likeness (QED) is 0.0313. The third kappa shape index (κ3) is 12.8. The molecule has 0 spiro atoms. The molecule has 2 heterocycles. The van der Waals surface area contributed by atoms with E-state index >= 15 is 4.79 Å². The number of pyridine rings is 1. The molecule has 0 bridgehead atoms. The molecular formula is C59H79N3O7. The van der Waals surface area contributed by atoms with Crippen molar-refractivity contribution in [1.82, 2.24) is 9.88 Å². The zero-order chi connectivity index (χ0) is 48.4. The van der Waals surface area contributed by atoms with Crippen LogP contribution in [0.25, 0.3) is 10.8 Å². The van der Waals surface area contributed by atoms with Gasteiger partial charge in [0.25, 0.3) is 0 Å². The summed E-state index contributed by atoms with van der Waals surface area (Å²) in [6.45, 7) is 11.8. The lowest BCUT2D eigenvalue weighted by Crippen LogP contribution is -2.70. The molecule has 6 unspecified atom stereocenters. The number of carbonyl (C=O) groups excluding carboxylic acids is 1. The van der Waals surface area contributed by atoms with Gasteiger partial charge in [-0.25, -0.2) is 0 Å². The molecule has 0 saturated heterocycles. The van der Waals surface area contributed by atoms with Crippen LogP contribution in [0.1, 0.15) is 151 Å². The molecule has 7 rings (SSSR count). The molecule has 0 radical (unpaired) electrons. The fourth-order valence-corrected chi connectivity index (χ4v) is 11.4. The van der Waals surface area contributed by atoms with Crippen LogP contribution in [0.15, 0.2) is 108 Å². The Balaban J connectivity index is 1.37. The molecule has 6 atom stereocenters. The maximum Gasteiger partial charge on any atom is 0.239 e. The SMILES string of the molecule is C=CCOC12Oc3ccc(OCc4cccc(C)n4)cc3C3C(CCCCO)C(CCCCO)C=C(C(=NOCC)CC1N(Cc1cccc4ccccc14)C(=O)CCCCCCCCCCC)C32. The van der Waals surface area contributed by atoms with Crippen LogP contribution in [-0.4, -0.2) is 70.0 Å². The van der Waals surface area contributed by atoms with Gasteiger partial charge in [0, 0.05) is 49.8 Å². The van der Waals surface area contributed by atoms with Crippen LogP contribution in [0.5, 0.6) is 11.5 Å². The molecule has 3 aliphatic rings. The van der Waals surface area contributed by atoms with E-state index in [1.807, 2.05) is 44.2 Å². The van der Waals surface area contributed by atoms with E-state index < -0.39 is 17.7 Å². The van der Waals surface area contributed by atoms with E-state index in [1.54, 1.807) is 6.08 Å². The van der Waals surface area contributed by atoms with Gasteiger partial charge in [-0.2, -0.15) is 0 Å². The first-order valence-electron chi connectivity index (χ1n) is 26.4. The zero-order valence-corrected chi connectivity index (χ0v) is 41.8.